The second-order valence-corrected chi connectivity index (χ2v) is 4.46. The molecule has 1 aliphatic heterocycles. The molecule has 1 atom stereocenters. The standard InChI is InChI=1S/C13H17NO4/c1-8(2)18-13(15)6-10(14)9-3-4-11-12(5-9)17-7-16-11/h3-5,8,10H,6-7,14H2,1-2H3/t10-/m0/s1. The molecule has 0 unspecified atom stereocenters. The second kappa shape index (κ2) is 5.27. The Balaban J connectivity index is 2.00. The van der Waals surface area contributed by atoms with Crippen molar-refractivity contribution in [2.75, 3.05) is 6.79 Å². The van der Waals surface area contributed by atoms with Gasteiger partial charge in [0, 0.05) is 6.04 Å². The van der Waals surface area contributed by atoms with Crippen molar-refractivity contribution in [2.24, 2.45) is 5.73 Å². The van der Waals surface area contributed by atoms with Gasteiger partial charge in [0.25, 0.3) is 0 Å². The molecule has 0 amide bonds. The van der Waals surface area contributed by atoms with Crippen molar-refractivity contribution in [1.82, 2.24) is 0 Å². The molecule has 5 heteroatoms. The first-order chi connectivity index (χ1) is 8.56. The lowest BCUT2D eigenvalue weighted by molar-refractivity contribution is -0.147. The Bertz CT molecular complexity index is 445. The molecule has 1 aromatic rings. The van der Waals surface area contributed by atoms with Gasteiger partial charge in [-0.2, -0.15) is 0 Å². The molecule has 0 bridgehead atoms. The van der Waals surface area contributed by atoms with Crippen LogP contribution in [0.5, 0.6) is 11.5 Å². The SMILES string of the molecule is CC(C)OC(=O)C[C@H](N)c1ccc2c(c1)OCO2. The van der Waals surface area contributed by atoms with E-state index in [1.165, 1.54) is 0 Å². The molecule has 0 spiro atoms. The minimum absolute atomic E-state index is 0.124. The summed E-state index contributed by atoms with van der Waals surface area (Å²) in [5.41, 5.74) is 6.80. The maximum absolute atomic E-state index is 11.5. The molecule has 0 fully saturated rings. The van der Waals surface area contributed by atoms with Crippen LogP contribution in [-0.4, -0.2) is 18.9 Å². The van der Waals surface area contributed by atoms with Crippen LogP contribution in [0.3, 0.4) is 0 Å². The van der Waals surface area contributed by atoms with E-state index in [1.807, 2.05) is 19.9 Å². The fourth-order valence-corrected chi connectivity index (χ4v) is 1.75. The maximum atomic E-state index is 11.5. The monoisotopic (exact) mass is 251 g/mol. The summed E-state index contributed by atoms with van der Waals surface area (Å²) in [5, 5.41) is 0. The fraction of sp³-hybridized carbons (Fsp3) is 0.462. The largest absolute Gasteiger partial charge is 0.463 e. The molecule has 2 N–H and O–H groups in total. The molecular formula is C13H17NO4. The van der Waals surface area contributed by atoms with Gasteiger partial charge in [-0.3, -0.25) is 4.79 Å². The highest BCUT2D eigenvalue weighted by Crippen LogP contribution is 2.34. The van der Waals surface area contributed by atoms with E-state index in [4.69, 9.17) is 19.9 Å². The van der Waals surface area contributed by atoms with Crippen LogP contribution >= 0.6 is 0 Å². The van der Waals surface area contributed by atoms with E-state index in [0.29, 0.717) is 11.5 Å². The summed E-state index contributed by atoms with van der Waals surface area (Å²) in [6.07, 6.45) is 0.0270. The summed E-state index contributed by atoms with van der Waals surface area (Å²) in [4.78, 5) is 11.5. The minimum Gasteiger partial charge on any atom is -0.463 e. The zero-order valence-electron chi connectivity index (χ0n) is 10.5. The normalized spacial score (nSPS) is 14.7. The zero-order valence-corrected chi connectivity index (χ0v) is 10.5. The van der Waals surface area contributed by atoms with E-state index in [1.54, 1.807) is 12.1 Å². The van der Waals surface area contributed by atoms with E-state index >= 15 is 0 Å². The molecule has 5 nitrogen and oxygen atoms in total. The van der Waals surface area contributed by atoms with Gasteiger partial charge in [0.05, 0.1) is 12.5 Å². The van der Waals surface area contributed by atoms with Gasteiger partial charge in [0.2, 0.25) is 6.79 Å². The van der Waals surface area contributed by atoms with Gasteiger partial charge in [-0.1, -0.05) is 6.07 Å². The summed E-state index contributed by atoms with van der Waals surface area (Å²) >= 11 is 0. The van der Waals surface area contributed by atoms with Crippen molar-refractivity contribution in [2.45, 2.75) is 32.4 Å². The summed E-state index contributed by atoms with van der Waals surface area (Å²) in [5.74, 6) is 1.08. The summed E-state index contributed by atoms with van der Waals surface area (Å²) in [7, 11) is 0. The van der Waals surface area contributed by atoms with E-state index < -0.39 is 6.04 Å². The first-order valence-electron chi connectivity index (χ1n) is 5.91. The Labute approximate surface area is 106 Å². The van der Waals surface area contributed by atoms with Crippen molar-refractivity contribution in [3.05, 3.63) is 23.8 Å². The number of esters is 1. The fourth-order valence-electron chi connectivity index (χ4n) is 1.75. The van der Waals surface area contributed by atoms with Crippen LogP contribution < -0.4 is 15.2 Å². The average molecular weight is 251 g/mol. The van der Waals surface area contributed by atoms with Crippen molar-refractivity contribution >= 4 is 5.97 Å². The van der Waals surface area contributed by atoms with Gasteiger partial charge >= 0.3 is 5.97 Å². The van der Waals surface area contributed by atoms with Crippen LogP contribution in [0, 0.1) is 0 Å². The number of carbonyl (C=O) groups excluding carboxylic acids is 1. The van der Waals surface area contributed by atoms with Gasteiger partial charge < -0.3 is 19.9 Å². The van der Waals surface area contributed by atoms with Crippen LogP contribution in [0.4, 0.5) is 0 Å². The zero-order chi connectivity index (χ0) is 13.1. The van der Waals surface area contributed by atoms with E-state index in [-0.39, 0.29) is 25.3 Å². The van der Waals surface area contributed by atoms with Crippen LogP contribution in [-0.2, 0) is 9.53 Å². The summed E-state index contributed by atoms with van der Waals surface area (Å²) in [6, 6.07) is 5.03. The third kappa shape index (κ3) is 2.92. The average Bonchev–Trinajstić information content (AvgIpc) is 2.74. The number of benzene rings is 1. The van der Waals surface area contributed by atoms with Crippen LogP contribution in [0.25, 0.3) is 0 Å². The molecule has 0 saturated carbocycles. The Kier molecular flexibility index (Phi) is 3.72. The first-order valence-corrected chi connectivity index (χ1v) is 5.91. The predicted octanol–water partition coefficient (Wildman–Crippen LogP) is 1.76. The highest BCUT2D eigenvalue weighted by molar-refractivity contribution is 5.70. The molecule has 0 saturated heterocycles. The molecule has 2 rings (SSSR count). The van der Waals surface area contributed by atoms with Crippen molar-refractivity contribution in [3.63, 3.8) is 0 Å². The first kappa shape index (κ1) is 12.7. The van der Waals surface area contributed by atoms with Gasteiger partial charge in [-0.05, 0) is 31.5 Å². The highest BCUT2D eigenvalue weighted by atomic mass is 16.7. The topological polar surface area (TPSA) is 70.8 Å². The number of carbonyl (C=O) groups is 1. The smallest absolute Gasteiger partial charge is 0.307 e. The van der Waals surface area contributed by atoms with Crippen LogP contribution in [0.2, 0.25) is 0 Å². The van der Waals surface area contributed by atoms with E-state index in [9.17, 15) is 4.79 Å². The number of hydrogen-bond acceptors (Lipinski definition) is 5. The molecular weight excluding hydrogens is 234 g/mol. The molecule has 1 aromatic carbocycles. The van der Waals surface area contributed by atoms with Crippen molar-refractivity contribution in [3.8, 4) is 11.5 Å². The summed E-state index contributed by atoms with van der Waals surface area (Å²) < 4.78 is 15.5. The van der Waals surface area contributed by atoms with Gasteiger partial charge in [0.1, 0.15) is 0 Å². The van der Waals surface area contributed by atoms with Crippen molar-refractivity contribution in [1.29, 1.82) is 0 Å². The Morgan fingerprint density at radius 2 is 2.11 bits per heavy atom. The number of rotatable bonds is 4. The molecule has 0 radical (unpaired) electrons. The molecule has 1 heterocycles. The van der Waals surface area contributed by atoms with Gasteiger partial charge in [0.15, 0.2) is 11.5 Å². The third-order valence-corrected chi connectivity index (χ3v) is 2.58. The van der Waals surface area contributed by atoms with Crippen LogP contribution in [0.15, 0.2) is 18.2 Å². The molecule has 0 aromatic heterocycles. The van der Waals surface area contributed by atoms with Crippen molar-refractivity contribution < 1.29 is 19.0 Å². The lowest BCUT2D eigenvalue weighted by atomic mass is 10.0. The lowest BCUT2D eigenvalue weighted by Crippen LogP contribution is -2.19. The predicted molar refractivity (Wildman–Crippen MR) is 65.3 cm³/mol. The Morgan fingerprint density at radius 3 is 2.83 bits per heavy atom. The maximum Gasteiger partial charge on any atom is 0.307 e. The number of nitrogens with two attached hydrogens (primary N) is 1. The van der Waals surface area contributed by atoms with Gasteiger partial charge in [-0.15, -0.1) is 0 Å². The number of fused-ring (bicyclic) bond motifs is 1. The second-order valence-electron chi connectivity index (χ2n) is 4.46. The Morgan fingerprint density at radius 1 is 1.39 bits per heavy atom. The van der Waals surface area contributed by atoms with Gasteiger partial charge in [-0.25, -0.2) is 0 Å². The minimum atomic E-state index is -0.397. The molecule has 98 valence electrons. The molecule has 0 aliphatic carbocycles. The number of hydrogen-bond donors (Lipinski definition) is 1. The van der Waals surface area contributed by atoms with Crippen LogP contribution in [0.1, 0.15) is 31.9 Å². The summed E-state index contributed by atoms with van der Waals surface area (Å²) in [6.45, 7) is 3.84. The molecule has 1 aliphatic rings. The Hall–Kier alpha value is -1.75. The quantitative estimate of drug-likeness (QED) is 0.825. The highest BCUT2D eigenvalue weighted by Gasteiger charge is 2.18. The molecule has 18 heavy (non-hydrogen) atoms. The van der Waals surface area contributed by atoms with E-state index in [2.05, 4.69) is 0 Å². The third-order valence-electron chi connectivity index (χ3n) is 2.58. The number of ether oxygens (including phenoxy) is 3. The lowest BCUT2D eigenvalue weighted by Gasteiger charge is -2.13. The van der Waals surface area contributed by atoms with E-state index in [0.717, 1.165) is 5.56 Å².